The Kier molecular flexibility index (Phi) is 4.52. The van der Waals surface area contributed by atoms with Crippen LogP contribution in [0.5, 0.6) is 0 Å². The van der Waals surface area contributed by atoms with Gasteiger partial charge in [0, 0.05) is 32.7 Å². The Labute approximate surface area is 146 Å². The number of rotatable bonds is 4. The molecule has 0 N–H and O–H groups in total. The topological polar surface area (TPSA) is 43.9 Å². The summed E-state index contributed by atoms with van der Waals surface area (Å²) in [5.41, 5.74) is 1.37. The van der Waals surface area contributed by atoms with Crippen molar-refractivity contribution in [2.24, 2.45) is 11.8 Å². The van der Waals surface area contributed by atoms with Crippen LogP contribution in [-0.4, -0.2) is 59.4 Å². The Morgan fingerprint density at radius 2 is 1.58 bits per heavy atom. The van der Waals surface area contributed by atoms with Gasteiger partial charge in [0.05, 0.1) is 18.5 Å². The summed E-state index contributed by atoms with van der Waals surface area (Å²) >= 11 is 1.74. The fourth-order valence-electron chi connectivity index (χ4n) is 3.94. The number of likely N-dealkylation sites (tertiary alicyclic amines) is 1. The minimum atomic E-state index is -0.109. The second kappa shape index (κ2) is 6.78. The normalized spacial score (nSPS) is 28.6. The van der Waals surface area contributed by atoms with Crippen molar-refractivity contribution in [3.63, 3.8) is 0 Å². The van der Waals surface area contributed by atoms with E-state index in [4.69, 9.17) is 0 Å². The van der Waals surface area contributed by atoms with E-state index in [9.17, 15) is 9.59 Å². The molecule has 2 saturated heterocycles. The molecular formula is C18H23N3O2S. The van der Waals surface area contributed by atoms with Gasteiger partial charge in [-0.05, 0) is 35.2 Å². The van der Waals surface area contributed by atoms with E-state index in [-0.39, 0.29) is 23.7 Å². The maximum Gasteiger partial charge on any atom is 0.234 e. The Bertz CT molecular complexity index is 609. The van der Waals surface area contributed by atoms with Gasteiger partial charge in [-0.25, -0.2) is 0 Å². The van der Waals surface area contributed by atoms with E-state index >= 15 is 0 Å². The molecule has 0 spiro atoms. The molecule has 0 bridgehead atoms. The SMILES string of the molecule is O=C1[C@H]2CC=CC[C@H]2C(=O)N1CN1CCN(Cc2ccsc2)CC1. The smallest absolute Gasteiger partial charge is 0.234 e. The minimum absolute atomic E-state index is 0.0371. The van der Waals surface area contributed by atoms with Crippen molar-refractivity contribution in [2.45, 2.75) is 19.4 Å². The van der Waals surface area contributed by atoms with Crippen LogP contribution in [0.15, 0.2) is 29.0 Å². The molecule has 4 rings (SSSR count). The summed E-state index contributed by atoms with van der Waals surface area (Å²) in [6, 6.07) is 2.17. The van der Waals surface area contributed by atoms with E-state index in [1.165, 1.54) is 10.5 Å². The van der Waals surface area contributed by atoms with Crippen molar-refractivity contribution in [1.29, 1.82) is 0 Å². The van der Waals surface area contributed by atoms with E-state index in [1.807, 2.05) is 12.2 Å². The zero-order valence-corrected chi connectivity index (χ0v) is 14.6. The van der Waals surface area contributed by atoms with Crippen LogP contribution in [0.4, 0.5) is 0 Å². The largest absolute Gasteiger partial charge is 0.297 e. The summed E-state index contributed by atoms with van der Waals surface area (Å²) < 4.78 is 0. The predicted molar refractivity (Wildman–Crippen MR) is 93.2 cm³/mol. The molecule has 0 saturated carbocycles. The number of allylic oxidation sites excluding steroid dienone is 2. The van der Waals surface area contributed by atoms with Crippen LogP contribution in [-0.2, 0) is 16.1 Å². The number of carbonyl (C=O) groups is 2. The maximum atomic E-state index is 12.5. The van der Waals surface area contributed by atoms with Gasteiger partial charge in [0.2, 0.25) is 11.8 Å². The van der Waals surface area contributed by atoms with Gasteiger partial charge in [0.25, 0.3) is 0 Å². The zero-order chi connectivity index (χ0) is 16.5. The first-order valence-corrected chi connectivity index (χ1v) is 9.62. The summed E-state index contributed by atoms with van der Waals surface area (Å²) in [6.45, 7) is 5.26. The van der Waals surface area contributed by atoms with Gasteiger partial charge < -0.3 is 0 Å². The molecule has 2 fully saturated rings. The number of hydrogen-bond acceptors (Lipinski definition) is 5. The monoisotopic (exact) mass is 345 g/mol. The standard InChI is InChI=1S/C18H23N3O2S/c22-17-15-3-1-2-4-16(15)18(23)21(17)13-20-8-6-19(7-9-20)11-14-5-10-24-12-14/h1-2,5,10,12,15-16H,3-4,6-9,11,13H2/t15-,16+. The zero-order valence-electron chi connectivity index (χ0n) is 13.8. The first-order valence-electron chi connectivity index (χ1n) is 8.68. The molecule has 0 unspecified atom stereocenters. The average Bonchev–Trinajstić information content (AvgIpc) is 3.20. The van der Waals surface area contributed by atoms with Gasteiger partial charge in [-0.3, -0.25) is 24.3 Å². The van der Waals surface area contributed by atoms with Crippen LogP contribution in [0.3, 0.4) is 0 Å². The van der Waals surface area contributed by atoms with Crippen LogP contribution < -0.4 is 0 Å². The van der Waals surface area contributed by atoms with Crippen LogP contribution >= 0.6 is 11.3 Å². The van der Waals surface area contributed by atoms with Crippen molar-refractivity contribution >= 4 is 23.2 Å². The Hall–Kier alpha value is -1.50. The predicted octanol–water partition coefficient (Wildman–Crippen LogP) is 1.77. The second-order valence-electron chi connectivity index (χ2n) is 6.93. The number of carbonyl (C=O) groups excluding carboxylic acids is 2. The molecule has 3 aliphatic rings. The molecule has 1 aliphatic carbocycles. The van der Waals surface area contributed by atoms with Gasteiger partial charge in [-0.1, -0.05) is 12.2 Å². The lowest BCUT2D eigenvalue weighted by molar-refractivity contribution is -0.142. The molecule has 2 amide bonds. The van der Waals surface area contributed by atoms with E-state index < -0.39 is 0 Å². The molecule has 0 radical (unpaired) electrons. The molecular weight excluding hydrogens is 322 g/mol. The average molecular weight is 345 g/mol. The molecule has 0 aromatic carbocycles. The number of imide groups is 1. The van der Waals surface area contributed by atoms with Crippen molar-refractivity contribution in [1.82, 2.24) is 14.7 Å². The van der Waals surface area contributed by atoms with Gasteiger partial charge in [0.1, 0.15) is 0 Å². The van der Waals surface area contributed by atoms with Gasteiger partial charge >= 0.3 is 0 Å². The lowest BCUT2D eigenvalue weighted by Gasteiger charge is -2.36. The molecule has 1 aromatic rings. The van der Waals surface area contributed by atoms with Crippen molar-refractivity contribution < 1.29 is 9.59 Å². The molecule has 5 nitrogen and oxygen atoms in total. The molecule has 24 heavy (non-hydrogen) atoms. The van der Waals surface area contributed by atoms with Crippen molar-refractivity contribution in [2.75, 3.05) is 32.8 Å². The number of thiophene rings is 1. The number of hydrogen-bond donors (Lipinski definition) is 0. The number of piperazine rings is 1. The highest BCUT2D eigenvalue weighted by atomic mass is 32.1. The summed E-state index contributed by atoms with van der Waals surface area (Å²) in [7, 11) is 0. The lowest BCUT2D eigenvalue weighted by Crippen LogP contribution is -2.51. The summed E-state index contributed by atoms with van der Waals surface area (Å²) in [4.78, 5) is 31.3. The number of amides is 2. The molecule has 1 aromatic heterocycles. The number of fused-ring (bicyclic) bond motifs is 1. The molecule has 128 valence electrons. The molecule has 3 heterocycles. The summed E-state index contributed by atoms with van der Waals surface area (Å²) in [5.74, 6) is -0.144. The maximum absolute atomic E-state index is 12.5. The Morgan fingerprint density at radius 1 is 0.958 bits per heavy atom. The third-order valence-electron chi connectivity index (χ3n) is 5.39. The van der Waals surface area contributed by atoms with Gasteiger partial charge in [-0.2, -0.15) is 11.3 Å². The highest BCUT2D eigenvalue weighted by Gasteiger charge is 2.47. The third-order valence-corrected chi connectivity index (χ3v) is 6.12. The lowest BCUT2D eigenvalue weighted by atomic mass is 9.85. The van der Waals surface area contributed by atoms with Crippen LogP contribution in [0, 0.1) is 11.8 Å². The van der Waals surface area contributed by atoms with E-state index in [1.54, 1.807) is 11.3 Å². The summed E-state index contributed by atoms with van der Waals surface area (Å²) in [6.07, 6.45) is 5.53. The van der Waals surface area contributed by atoms with Crippen molar-refractivity contribution in [3.05, 3.63) is 34.5 Å². The Morgan fingerprint density at radius 3 is 2.17 bits per heavy atom. The molecule has 2 atom stereocenters. The van der Waals surface area contributed by atoms with E-state index in [2.05, 4.69) is 26.6 Å². The highest BCUT2D eigenvalue weighted by Crippen LogP contribution is 2.35. The van der Waals surface area contributed by atoms with Gasteiger partial charge in [-0.15, -0.1) is 0 Å². The quantitative estimate of drug-likeness (QED) is 0.616. The first-order chi connectivity index (χ1) is 11.7. The fourth-order valence-corrected chi connectivity index (χ4v) is 4.60. The first kappa shape index (κ1) is 16.0. The van der Waals surface area contributed by atoms with Crippen LogP contribution in [0.1, 0.15) is 18.4 Å². The van der Waals surface area contributed by atoms with E-state index in [0.29, 0.717) is 6.67 Å². The van der Waals surface area contributed by atoms with Gasteiger partial charge in [0.15, 0.2) is 0 Å². The van der Waals surface area contributed by atoms with Crippen LogP contribution in [0.2, 0.25) is 0 Å². The summed E-state index contributed by atoms with van der Waals surface area (Å²) in [5, 5.41) is 4.31. The Balaban J connectivity index is 1.31. The fraction of sp³-hybridized carbons (Fsp3) is 0.556. The van der Waals surface area contributed by atoms with E-state index in [0.717, 1.165) is 45.6 Å². The number of nitrogens with zero attached hydrogens (tertiary/aromatic N) is 3. The van der Waals surface area contributed by atoms with Crippen molar-refractivity contribution in [3.8, 4) is 0 Å². The molecule has 2 aliphatic heterocycles. The molecule has 6 heteroatoms. The third kappa shape index (κ3) is 3.06. The van der Waals surface area contributed by atoms with Crippen LogP contribution in [0.25, 0.3) is 0 Å². The highest BCUT2D eigenvalue weighted by molar-refractivity contribution is 7.07. The minimum Gasteiger partial charge on any atom is -0.297 e. The second-order valence-corrected chi connectivity index (χ2v) is 7.71.